The highest BCUT2D eigenvalue weighted by Crippen LogP contribution is 2.15. The standard InChI is InChI=1S/C12H16N2O3/c15-14(16)11-3-1-10(2-4-11)9-17-12-5-7-13-8-6-12/h1-4,12-13H,5-9H2. The molecule has 0 radical (unpaired) electrons. The summed E-state index contributed by atoms with van der Waals surface area (Å²) in [6, 6.07) is 6.53. The molecule has 5 heteroatoms. The molecule has 0 aliphatic carbocycles. The molecule has 1 N–H and O–H groups in total. The third-order valence-corrected chi connectivity index (χ3v) is 2.92. The zero-order valence-electron chi connectivity index (χ0n) is 9.59. The van der Waals surface area contributed by atoms with Crippen molar-refractivity contribution in [1.29, 1.82) is 0 Å². The van der Waals surface area contributed by atoms with Gasteiger partial charge in [-0.05, 0) is 43.6 Å². The van der Waals surface area contributed by atoms with Gasteiger partial charge in [-0.3, -0.25) is 10.1 Å². The molecule has 1 fully saturated rings. The number of benzene rings is 1. The van der Waals surface area contributed by atoms with Gasteiger partial charge in [0.25, 0.3) is 5.69 Å². The molecule has 1 heterocycles. The highest BCUT2D eigenvalue weighted by Gasteiger charge is 2.13. The molecule has 0 amide bonds. The number of nitro groups is 1. The number of nitro benzene ring substituents is 1. The minimum atomic E-state index is -0.391. The van der Waals surface area contributed by atoms with Crippen molar-refractivity contribution in [1.82, 2.24) is 5.32 Å². The Labute approximate surface area is 99.9 Å². The molecule has 0 spiro atoms. The van der Waals surface area contributed by atoms with Gasteiger partial charge < -0.3 is 10.1 Å². The lowest BCUT2D eigenvalue weighted by molar-refractivity contribution is -0.384. The van der Waals surface area contributed by atoms with Gasteiger partial charge in [0.2, 0.25) is 0 Å². The van der Waals surface area contributed by atoms with E-state index in [0.717, 1.165) is 31.5 Å². The lowest BCUT2D eigenvalue weighted by Gasteiger charge is -2.22. The summed E-state index contributed by atoms with van der Waals surface area (Å²) in [5.74, 6) is 0. The fraction of sp³-hybridized carbons (Fsp3) is 0.500. The van der Waals surface area contributed by atoms with Crippen molar-refractivity contribution in [2.24, 2.45) is 0 Å². The van der Waals surface area contributed by atoms with Crippen LogP contribution in [0.2, 0.25) is 0 Å². The summed E-state index contributed by atoms with van der Waals surface area (Å²) < 4.78 is 5.76. The lowest BCUT2D eigenvalue weighted by Crippen LogP contribution is -2.32. The van der Waals surface area contributed by atoms with Gasteiger partial charge in [-0.25, -0.2) is 0 Å². The van der Waals surface area contributed by atoms with E-state index in [-0.39, 0.29) is 5.69 Å². The molecule has 1 aliphatic rings. The van der Waals surface area contributed by atoms with Crippen LogP contribution in [0, 0.1) is 10.1 Å². The Balaban J connectivity index is 1.84. The maximum Gasteiger partial charge on any atom is 0.269 e. The highest BCUT2D eigenvalue weighted by atomic mass is 16.6. The monoisotopic (exact) mass is 236 g/mol. The molecule has 0 unspecified atom stereocenters. The Morgan fingerprint density at radius 2 is 1.94 bits per heavy atom. The second-order valence-electron chi connectivity index (χ2n) is 4.18. The number of ether oxygens (including phenoxy) is 1. The Kier molecular flexibility index (Phi) is 4.06. The second-order valence-corrected chi connectivity index (χ2v) is 4.18. The molecule has 0 aromatic heterocycles. The van der Waals surface area contributed by atoms with Crippen LogP contribution in [0.25, 0.3) is 0 Å². The summed E-state index contributed by atoms with van der Waals surface area (Å²) in [6.07, 6.45) is 2.38. The summed E-state index contributed by atoms with van der Waals surface area (Å²) in [6.45, 7) is 2.54. The van der Waals surface area contributed by atoms with E-state index < -0.39 is 4.92 Å². The molecular weight excluding hydrogens is 220 g/mol. The van der Waals surface area contributed by atoms with Crippen LogP contribution >= 0.6 is 0 Å². The van der Waals surface area contributed by atoms with Gasteiger partial charge in [0, 0.05) is 12.1 Å². The lowest BCUT2D eigenvalue weighted by atomic mass is 10.1. The van der Waals surface area contributed by atoms with Gasteiger partial charge in [-0.1, -0.05) is 0 Å². The predicted octanol–water partition coefficient (Wildman–Crippen LogP) is 1.86. The van der Waals surface area contributed by atoms with Crippen molar-refractivity contribution in [3.05, 3.63) is 39.9 Å². The van der Waals surface area contributed by atoms with E-state index in [1.807, 2.05) is 0 Å². The summed E-state index contributed by atoms with van der Waals surface area (Å²) in [7, 11) is 0. The fourth-order valence-corrected chi connectivity index (χ4v) is 1.89. The minimum absolute atomic E-state index is 0.121. The third kappa shape index (κ3) is 3.51. The molecule has 92 valence electrons. The van der Waals surface area contributed by atoms with E-state index in [4.69, 9.17) is 4.74 Å². The maximum atomic E-state index is 10.5. The molecule has 1 aromatic rings. The quantitative estimate of drug-likeness (QED) is 0.640. The first kappa shape index (κ1) is 12.0. The van der Waals surface area contributed by atoms with E-state index in [1.54, 1.807) is 12.1 Å². The molecular formula is C12H16N2O3. The number of hydrogen-bond donors (Lipinski definition) is 1. The largest absolute Gasteiger partial charge is 0.373 e. The van der Waals surface area contributed by atoms with Crippen LogP contribution in [0.1, 0.15) is 18.4 Å². The first-order valence-electron chi connectivity index (χ1n) is 5.81. The van der Waals surface area contributed by atoms with Gasteiger partial charge in [-0.2, -0.15) is 0 Å². The molecule has 5 nitrogen and oxygen atoms in total. The Bertz CT molecular complexity index is 372. The zero-order valence-corrected chi connectivity index (χ0v) is 9.59. The van der Waals surface area contributed by atoms with Crippen LogP contribution < -0.4 is 5.32 Å². The van der Waals surface area contributed by atoms with Crippen LogP contribution in [0.4, 0.5) is 5.69 Å². The van der Waals surface area contributed by atoms with E-state index in [2.05, 4.69) is 5.32 Å². The maximum absolute atomic E-state index is 10.5. The molecule has 0 atom stereocenters. The van der Waals surface area contributed by atoms with Crippen molar-refractivity contribution in [2.45, 2.75) is 25.6 Å². The number of non-ortho nitro benzene ring substituents is 1. The summed E-state index contributed by atoms with van der Waals surface area (Å²) in [5.41, 5.74) is 1.10. The van der Waals surface area contributed by atoms with E-state index >= 15 is 0 Å². The molecule has 17 heavy (non-hydrogen) atoms. The number of piperidine rings is 1. The van der Waals surface area contributed by atoms with Crippen LogP contribution in [-0.2, 0) is 11.3 Å². The van der Waals surface area contributed by atoms with Gasteiger partial charge in [0.05, 0.1) is 17.6 Å². The fourth-order valence-electron chi connectivity index (χ4n) is 1.89. The Morgan fingerprint density at radius 3 is 2.53 bits per heavy atom. The van der Waals surface area contributed by atoms with Crippen molar-refractivity contribution >= 4 is 5.69 Å². The molecule has 0 bridgehead atoms. The predicted molar refractivity (Wildman–Crippen MR) is 63.8 cm³/mol. The van der Waals surface area contributed by atoms with Gasteiger partial charge in [0.1, 0.15) is 0 Å². The van der Waals surface area contributed by atoms with Crippen LogP contribution in [-0.4, -0.2) is 24.1 Å². The number of hydrogen-bond acceptors (Lipinski definition) is 4. The molecule has 1 aliphatic heterocycles. The van der Waals surface area contributed by atoms with Crippen molar-refractivity contribution < 1.29 is 9.66 Å². The molecule has 0 saturated carbocycles. The van der Waals surface area contributed by atoms with E-state index in [0.29, 0.717) is 12.7 Å². The van der Waals surface area contributed by atoms with E-state index in [1.165, 1.54) is 12.1 Å². The van der Waals surface area contributed by atoms with Crippen molar-refractivity contribution in [2.75, 3.05) is 13.1 Å². The van der Waals surface area contributed by atoms with Crippen molar-refractivity contribution in [3.63, 3.8) is 0 Å². The first-order chi connectivity index (χ1) is 8.25. The molecule has 1 aromatic carbocycles. The normalized spacial score (nSPS) is 16.9. The van der Waals surface area contributed by atoms with Crippen LogP contribution in [0.5, 0.6) is 0 Å². The second kappa shape index (κ2) is 5.75. The Hall–Kier alpha value is -1.46. The number of nitrogens with one attached hydrogen (secondary N) is 1. The Morgan fingerprint density at radius 1 is 1.29 bits per heavy atom. The smallest absolute Gasteiger partial charge is 0.269 e. The average Bonchev–Trinajstić information content (AvgIpc) is 2.38. The minimum Gasteiger partial charge on any atom is -0.373 e. The number of rotatable bonds is 4. The topological polar surface area (TPSA) is 64.4 Å². The van der Waals surface area contributed by atoms with Crippen LogP contribution in [0.3, 0.4) is 0 Å². The van der Waals surface area contributed by atoms with E-state index in [9.17, 15) is 10.1 Å². The van der Waals surface area contributed by atoms with Gasteiger partial charge in [0.15, 0.2) is 0 Å². The van der Waals surface area contributed by atoms with Gasteiger partial charge in [-0.15, -0.1) is 0 Å². The zero-order chi connectivity index (χ0) is 12.1. The van der Waals surface area contributed by atoms with Gasteiger partial charge >= 0.3 is 0 Å². The average molecular weight is 236 g/mol. The third-order valence-electron chi connectivity index (χ3n) is 2.92. The molecule has 1 saturated heterocycles. The number of nitrogens with zero attached hydrogens (tertiary/aromatic N) is 1. The van der Waals surface area contributed by atoms with Crippen molar-refractivity contribution in [3.8, 4) is 0 Å². The van der Waals surface area contributed by atoms with Crippen LogP contribution in [0.15, 0.2) is 24.3 Å². The first-order valence-corrected chi connectivity index (χ1v) is 5.81. The molecule has 2 rings (SSSR count). The highest BCUT2D eigenvalue weighted by molar-refractivity contribution is 5.32. The SMILES string of the molecule is O=[N+]([O-])c1ccc(COC2CCNCC2)cc1. The summed E-state index contributed by atoms with van der Waals surface area (Å²) in [4.78, 5) is 10.1. The summed E-state index contributed by atoms with van der Waals surface area (Å²) in [5, 5.41) is 13.8. The summed E-state index contributed by atoms with van der Waals surface area (Å²) >= 11 is 0.